The van der Waals surface area contributed by atoms with Crippen molar-refractivity contribution in [2.75, 3.05) is 0 Å². The summed E-state index contributed by atoms with van der Waals surface area (Å²) in [6.07, 6.45) is 0.224. The SMILES string of the molecule is CC(NC1CC(=O)N(C(C)C)C1=O)c1cccc(Cl)c1. The van der Waals surface area contributed by atoms with Crippen molar-refractivity contribution < 1.29 is 9.59 Å². The summed E-state index contributed by atoms with van der Waals surface area (Å²) in [4.78, 5) is 25.4. The molecular formula is C15H19ClN2O2. The normalized spacial score (nSPS) is 20.9. The van der Waals surface area contributed by atoms with Gasteiger partial charge in [0.25, 0.3) is 0 Å². The molecule has 4 nitrogen and oxygen atoms in total. The van der Waals surface area contributed by atoms with Crippen LogP contribution in [0, 0.1) is 0 Å². The molecule has 1 aromatic rings. The monoisotopic (exact) mass is 294 g/mol. The minimum atomic E-state index is -0.445. The van der Waals surface area contributed by atoms with E-state index in [0.717, 1.165) is 5.56 Å². The van der Waals surface area contributed by atoms with Crippen LogP contribution in [0.4, 0.5) is 0 Å². The standard InChI is InChI=1S/C15H19ClN2O2/c1-9(2)18-14(19)8-13(15(18)20)17-10(3)11-5-4-6-12(16)7-11/h4-7,9-10,13,17H,8H2,1-3H3. The molecule has 0 radical (unpaired) electrons. The first-order valence-electron chi connectivity index (χ1n) is 6.77. The molecule has 0 aromatic heterocycles. The summed E-state index contributed by atoms with van der Waals surface area (Å²) in [6.45, 7) is 5.65. The van der Waals surface area contributed by atoms with Crippen LogP contribution < -0.4 is 5.32 Å². The summed E-state index contributed by atoms with van der Waals surface area (Å²) in [5, 5.41) is 3.88. The minimum Gasteiger partial charge on any atom is -0.299 e. The van der Waals surface area contributed by atoms with E-state index in [1.54, 1.807) is 0 Å². The Hall–Kier alpha value is -1.39. The summed E-state index contributed by atoms with van der Waals surface area (Å²) in [6, 6.07) is 6.91. The fourth-order valence-corrected chi connectivity index (χ4v) is 2.70. The molecule has 0 bridgehead atoms. The lowest BCUT2D eigenvalue weighted by Gasteiger charge is -2.21. The second-order valence-corrected chi connectivity index (χ2v) is 5.83. The van der Waals surface area contributed by atoms with Gasteiger partial charge in [-0.3, -0.25) is 19.8 Å². The van der Waals surface area contributed by atoms with Crippen molar-refractivity contribution in [1.82, 2.24) is 10.2 Å². The Balaban J connectivity index is 2.07. The largest absolute Gasteiger partial charge is 0.299 e. The lowest BCUT2D eigenvalue weighted by Crippen LogP contribution is -2.42. The van der Waals surface area contributed by atoms with Crippen molar-refractivity contribution >= 4 is 23.4 Å². The van der Waals surface area contributed by atoms with E-state index in [0.29, 0.717) is 5.02 Å². The van der Waals surface area contributed by atoms with E-state index in [1.165, 1.54) is 4.90 Å². The zero-order chi connectivity index (χ0) is 14.9. The van der Waals surface area contributed by atoms with Gasteiger partial charge in [-0.1, -0.05) is 23.7 Å². The van der Waals surface area contributed by atoms with Gasteiger partial charge in [0.15, 0.2) is 0 Å². The minimum absolute atomic E-state index is 0.0393. The second-order valence-electron chi connectivity index (χ2n) is 5.40. The first kappa shape index (κ1) is 15.0. The Morgan fingerprint density at radius 3 is 2.55 bits per heavy atom. The molecule has 1 aliphatic heterocycles. The predicted octanol–water partition coefficient (Wildman–Crippen LogP) is 2.53. The van der Waals surface area contributed by atoms with E-state index in [1.807, 2.05) is 45.0 Å². The van der Waals surface area contributed by atoms with Crippen molar-refractivity contribution in [3.05, 3.63) is 34.9 Å². The molecule has 2 rings (SSSR count). The highest BCUT2D eigenvalue weighted by molar-refractivity contribution is 6.30. The summed E-state index contributed by atoms with van der Waals surface area (Å²) >= 11 is 5.97. The van der Waals surface area contributed by atoms with E-state index in [9.17, 15) is 9.59 Å². The van der Waals surface area contributed by atoms with Crippen LogP contribution in [0.5, 0.6) is 0 Å². The number of imide groups is 1. The molecule has 0 aliphatic carbocycles. The Morgan fingerprint density at radius 2 is 2.00 bits per heavy atom. The maximum absolute atomic E-state index is 12.2. The number of carbonyl (C=O) groups is 2. The van der Waals surface area contributed by atoms with Gasteiger partial charge in [-0.05, 0) is 38.5 Å². The lowest BCUT2D eigenvalue weighted by atomic mass is 10.1. The molecule has 1 N–H and O–H groups in total. The van der Waals surface area contributed by atoms with Gasteiger partial charge in [-0.25, -0.2) is 0 Å². The molecule has 2 unspecified atom stereocenters. The van der Waals surface area contributed by atoms with E-state index in [-0.39, 0.29) is 30.3 Å². The molecule has 1 saturated heterocycles. The van der Waals surface area contributed by atoms with Gasteiger partial charge < -0.3 is 0 Å². The zero-order valence-corrected chi connectivity index (χ0v) is 12.6. The van der Waals surface area contributed by atoms with E-state index in [2.05, 4.69) is 5.32 Å². The zero-order valence-electron chi connectivity index (χ0n) is 11.9. The highest BCUT2D eigenvalue weighted by Crippen LogP contribution is 2.22. The van der Waals surface area contributed by atoms with Gasteiger partial charge >= 0.3 is 0 Å². The first-order chi connectivity index (χ1) is 9.40. The smallest absolute Gasteiger partial charge is 0.247 e. The molecule has 1 fully saturated rings. The van der Waals surface area contributed by atoms with Gasteiger partial charge in [0, 0.05) is 17.1 Å². The Morgan fingerprint density at radius 1 is 1.30 bits per heavy atom. The number of rotatable bonds is 4. The Bertz CT molecular complexity index is 530. The van der Waals surface area contributed by atoms with Gasteiger partial charge in [0.2, 0.25) is 11.8 Å². The van der Waals surface area contributed by atoms with Crippen LogP contribution in [0.15, 0.2) is 24.3 Å². The molecular weight excluding hydrogens is 276 g/mol. The summed E-state index contributed by atoms with van der Waals surface area (Å²) in [5.41, 5.74) is 1.00. The molecule has 1 aromatic carbocycles. The van der Waals surface area contributed by atoms with Crippen molar-refractivity contribution in [2.24, 2.45) is 0 Å². The molecule has 0 saturated carbocycles. The van der Waals surface area contributed by atoms with Crippen molar-refractivity contribution in [1.29, 1.82) is 0 Å². The second kappa shape index (κ2) is 5.94. The van der Waals surface area contributed by atoms with Crippen LogP contribution in [0.2, 0.25) is 5.02 Å². The van der Waals surface area contributed by atoms with E-state index >= 15 is 0 Å². The Kier molecular flexibility index (Phi) is 4.45. The third-order valence-electron chi connectivity index (χ3n) is 3.50. The van der Waals surface area contributed by atoms with Crippen molar-refractivity contribution in [3.63, 3.8) is 0 Å². The third-order valence-corrected chi connectivity index (χ3v) is 3.73. The fourth-order valence-electron chi connectivity index (χ4n) is 2.50. The average Bonchev–Trinajstić information content (AvgIpc) is 2.64. The number of benzene rings is 1. The molecule has 1 heterocycles. The quantitative estimate of drug-likeness (QED) is 0.868. The number of hydrogen-bond acceptors (Lipinski definition) is 3. The third kappa shape index (κ3) is 3.02. The fraction of sp³-hybridized carbons (Fsp3) is 0.467. The molecule has 5 heteroatoms. The van der Waals surface area contributed by atoms with Crippen molar-refractivity contribution in [3.8, 4) is 0 Å². The van der Waals surface area contributed by atoms with Gasteiger partial charge in [-0.2, -0.15) is 0 Å². The van der Waals surface area contributed by atoms with Crippen LogP contribution in [-0.4, -0.2) is 28.8 Å². The molecule has 2 amide bonds. The molecule has 20 heavy (non-hydrogen) atoms. The number of halogens is 1. The Labute approximate surface area is 124 Å². The number of nitrogens with one attached hydrogen (secondary N) is 1. The molecule has 0 spiro atoms. The highest BCUT2D eigenvalue weighted by Gasteiger charge is 2.40. The van der Waals surface area contributed by atoms with Crippen LogP contribution >= 0.6 is 11.6 Å². The number of nitrogens with zero attached hydrogens (tertiary/aromatic N) is 1. The number of hydrogen-bond donors (Lipinski definition) is 1. The van der Waals surface area contributed by atoms with E-state index in [4.69, 9.17) is 11.6 Å². The van der Waals surface area contributed by atoms with E-state index < -0.39 is 6.04 Å². The maximum atomic E-state index is 12.2. The van der Waals surface area contributed by atoms with Crippen molar-refractivity contribution in [2.45, 2.75) is 45.3 Å². The number of carbonyl (C=O) groups excluding carboxylic acids is 2. The summed E-state index contributed by atoms with van der Waals surface area (Å²) in [5.74, 6) is -0.250. The molecule has 2 atom stereocenters. The average molecular weight is 295 g/mol. The number of amides is 2. The maximum Gasteiger partial charge on any atom is 0.247 e. The summed E-state index contributed by atoms with van der Waals surface area (Å²) in [7, 11) is 0. The first-order valence-corrected chi connectivity index (χ1v) is 7.15. The highest BCUT2D eigenvalue weighted by atomic mass is 35.5. The molecule has 1 aliphatic rings. The van der Waals surface area contributed by atoms with Gasteiger partial charge in [0.1, 0.15) is 0 Å². The van der Waals surface area contributed by atoms with Crippen LogP contribution in [-0.2, 0) is 9.59 Å². The number of likely N-dealkylation sites (tertiary alicyclic amines) is 1. The van der Waals surface area contributed by atoms with Crippen LogP contribution in [0.1, 0.15) is 38.8 Å². The molecule has 108 valence electrons. The van der Waals surface area contributed by atoms with Gasteiger partial charge in [0.05, 0.1) is 12.5 Å². The van der Waals surface area contributed by atoms with Crippen LogP contribution in [0.25, 0.3) is 0 Å². The predicted molar refractivity (Wildman–Crippen MR) is 78.4 cm³/mol. The van der Waals surface area contributed by atoms with Crippen LogP contribution in [0.3, 0.4) is 0 Å². The topological polar surface area (TPSA) is 49.4 Å². The summed E-state index contributed by atoms with van der Waals surface area (Å²) < 4.78 is 0. The lowest BCUT2D eigenvalue weighted by molar-refractivity contribution is -0.140. The van der Waals surface area contributed by atoms with Gasteiger partial charge in [-0.15, -0.1) is 0 Å².